The minimum Gasteiger partial charge on any atom is -0.483 e. The van der Waals surface area contributed by atoms with Crippen molar-refractivity contribution in [3.05, 3.63) is 42.0 Å². The van der Waals surface area contributed by atoms with Crippen molar-refractivity contribution in [2.75, 3.05) is 13.2 Å². The third kappa shape index (κ3) is 5.45. The first-order valence-corrected chi connectivity index (χ1v) is 6.92. The topological polar surface area (TPSA) is 64.3 Å². The summed E-state index contributed by atoms with van der Waals surface area (Å²) in [6.45, 7) is 8.09. The van der Waals surface area contributed by atoms with Gasteiger partial charge in [0.05, 0.1) is 0 Å². The SMILES string of the molecule is C=CCNC(=O)COc1ccc(C)cc1CC(N)CC. The van der Waals surface area contributed by atoms with Gasteiger partial charge < -0.3 is 15.8 Å². The molecule has 4 nitrogen and oxygen atoms in total. The van der Waals surface area contributed by atoms with Crippen LogP contribution in [0.5, 0.6) is 5.75 Å². The Bertz CT molecular complexity index is 458. The van der Waals surface area contributed by atoms with Crippen LogP contribution in [-0.2, 0) is 11.2 Å². The largest absolute Gasteiger partial charge is 0.483 e. The number of carbonyl (C=O) groups is 1. The van der Waals surface area contributed by atoms with E-state index in [1.54, 1.807) is 6.08 Å². The minimum absolute atomic E-state index is 0.00522. The molecule has 0 aliphatic rings. The second-order valence-electron chi connectivity index (χ2n) is 4.87. The van der Waals surface area contributed by atoms with E-state index < -0.39 is 0 Å². The molecule has 0 radical (unpaired) electrons. The van der Waals surface area contributed by atoms with Gasteiger partial charge in [0.2, 0.25) is 0 Å². The summed E-state index contributed by atoms with van der Waals surface area (Å²) in [4.78, 5) is 11.5. The normalized spacial score (nSPS) is 11.8. The van der Waals surface area contributed by atoms with Crippen LogP contribution < -0.4 is 15.8 Å². The van der Waals surface area contributed by atoms with Crippen molar-refractivity contribution in [1.29, 1.82) is 0 Å². The average Bonchev–Trinajstić information content (AvgIpc) is 2.44. The Hall–Kier alpha value is -1.81. The number of rotatable bonds is 8. The summed E-state index contributed by atoms with van der Waals surface area (Å²) in [7, 11) is 0. The zero-order chi connectivity index (χ0) is 15.0. The van der Waals surface area contributed by atoms with Gasteiger partial charge in [0.1, 0.15) is 5.75 Å². The first-order chi connectivity index (χ1) is 9.56. The molecule has 110 valence electrons. The molecule has 0 heterocycles. The van der Waals surface area contributed by atoms with E-state index in [1.165, 1.54) is 0 Å². The summed E-state index contributed by atoms with van der Waals surface area (Å²) >= 11 is 0. The molecule has 3 N–H and O–H groups in total. The number of nitrogens with one attached hydrogen (secondary N) is 1. The number of nitrogens with two attached hydrogens (primary N) is 1. The monoisotopic (exact) mass is 276 g/mol. The van der Waals surface area contributed by atoms with Crippen molar-refractivity contribution in [1.82, 2.24) is 5.32 Å². The van der Waals surface area contributed by atoms with Gasteiger partial charge in [-0.15, -0.1) is 6.58 Å². The molecular formula is C16H24N2O2. The van der Waals surface area contributed by atoms with Crippen LogP contribution in [0.25, 0.3) is 0 Å². The highest BCUT2D eigenvalue weighted by atomic mass is 16.5. The molecular weight excluding hydrogens is 252 g/mol. The molecule has 0 fully saturated rings. The van der Waals surface area contributed by atoms with E-state index in [1.807, 2.05) is 19.1 Å². The predicted molar refractivity (Wildman–Crippen MR) is 81.9 cm³/mol. The zero-order valence-electron chi connectivity index (χ0n) is 12.3. The number of amides is 1. The molecule has 0 saturated carbocycles. The van der Waals surface area contributed by atoms with Gasteiger partial charge in [-0.05, 0) is 31.4 Å². The van der Waals surface area contributed by atoms with E-state index in [0.29, 0.717) is 6.54 Å². The first kappa shape index (κ1) is 16.2. The van der Waals surface area contributed by atoms with Crippen LogP contribution in [-0.4, -0.2) is 25.1 Å². The molecule has 1 rings (SSSR count). The fourth-order valence-corrected chi connectivity index (χ4v) is 1.82. The van der Waals surface area contributed by atoms with Gasteiger partial charge in [-0.3, -0.25) is 4.79 Å². The fourth-order valence-electron chi connectivity index (χ4n) is 1.82. The number of ether oxygens (including phenoxy) is 1. The van der Waals surface area contributed by atoms with E-state index in [4.69, 9.17) is 10.5 Å². The Labute approximate surface area is 121 Å². The summed E-state index contributed by atoms with van der Waals surface area (Å²) in [5.41, 5.74) is 8.21. The van der Waals surface area contributed by atoms with Crippen molar-refractivity contribution < 1.29 is 9.53 Å². The van der Waals surface area contributed by atoms with Gasteiger partial charge >= 0.3 is 0 Å². The molecule has 0 bridgehead atoms. The van der Waals surface area contributed by atoms with E-state index in [0.717, 1.165) is 29.7 Å². The Morgan fingerprint density at radius 3 is 2.95 bits per heavy atom. The van der Waals surface area contributed by atoms with Crippen molar-refractivity contribution >= 4 is 5.91 Å². The van der Waals surface area contributed by atoms with E-state index in [2.05, 4.69) is 24.9 Å². The molecule has 0 aromatic heterocycles. The third-order valence-electron chi connectivity index (χ3n) is 3.02. The van der Waals surface area contributed by atoms with Gasteiger partial charge in [-0.25, -0.2) is 0 Å². The molecule has 1 unspecified atom stereocenters. The lowest BCUT2D eigenvalue weighted by Crippen LogP contribution is -2.29. The van der Waals surface area contributed by atoms with Crippen molar-refractivity contribution in [2.24, 2.45) is 5.73 Å². The lowest BCUT2D eigenvalue weighted by atomic mass is 10.0. The van der Waals surface area contributed by atoms with Crippen LogP contribution in [0.3, 0.4) is 0 Å². The van der Waals surface area contributed by atoms with Crippen LogP contribution in [0, 0.1) is 6.92 Å². The Morgan fingerprint density at radius 1 is 1.55 bits per heavy atom. The average molecular weight is 276 g/mol. The number of hydrogen-bond acceptors (Lipinski definition) is 3. The quantitative estimate of drug-likeness (QED) is 0.713. The molecule has 0 aliphatic heterocycles. The van der Waals surface area contributed by atoms with Gasteiger partial charge in [-0.2, -0.15) is 0 Å². The van der Waals surface area contributed by atoms with Crippen LogP contribution in [0.4, 0.5) is 0 Å². The highest BCUT2D eigenvalue weighted by molar-refractivity contribution is 5.77. The molecule has 1 atom stereocenters. The summed E-state index contributed by atoms with van der Waals surface area (Å²) in [6.07, 6.45) is 3.30. The number of carbonyl (C=O) groups excluding carboxylic acids is 1. The Balaban J connectivity index is 2.68. The van der Waals surface area contributed by atoms with Crippen molar-refractivity contribution in [3.8, 4) is 5.75 Å². The predicted octanol–water partition coefficient (Wildman–Crippen LogP) is 1.96. The lowest BCUT2D eigenvalue weighted by molar-refractivity contribution is -0.122. The highest BCUT2D eigenvalue weighted by Gasteiger charge is 2.10. The zero-order valence-corrected chi connectivity index (χ0v) is 12.3. The number of benzene rings is 1. The molecule has 4 heteroatoms. The van der Waals surface area contributed by atoms with Crippen LogP contribution in [0.1, 0.15) is 24.5 Å². The third-order valence-corrected chi connectivity index (χ3v) is 3.02. The van der Waals surface area contributed by atoms with Gasteiger partial charge in [0.15, 0.2) is 6.61 Å². The van der Waals surface area contributed by atoms with E-state index in [-0.39, 0.29) is 18.6 Å². The standard InChI is InChI=1S/C16H24N2O2/c1-4-8-18-16(19)11-20-15-7-6-12(3)9-13(15)10-14(17)5-2/h4,6-7,9,14H,1,5,8,10-11,17H2,2-3H3,(H,18,19). The van der Waals surface area contributed by atoms with Crippen molar-refractivity contribution in [3.63, 3.8) is 0 Å². The van der Waals surface area contributed by atoms with Gasteiger partial charge in [0.25, 0.3) is 5.91 Å². The van der Waals surface area contributed by atoms with Gasteiger partial charge in [-0.1, -0.05) is 30.7 Å². The Morgan fingerprint density at radius 2 is 2.30 bits per heavy atom. The molecule has 0 aliphatic carbocycles. The second kappa shape index (κ2) is 8.38. The van der Waals surface area contributed by atoms with E-state index in [9.17, 15) is 4.79 Å². The highest BCUT2D eigenvalue weighted by Crippen LogP contribution is 2.21. The molecule has 0 saturated heterocycles. The minimum atomic E-state index is -0.156. The molecule has 20 heavy (non-hydrogen) atoms. The Kier molecular flexibility index (Phi) is 6.81. The summed E-state index contributed by atoms with van der Waals surface area (Å²) in [6, 6.07) is 6.03. The summed E-state index contributed by atoms with van der Waals surface area (Å²) in [5.74, 6) is 0.574. The lowest BCUT2D eigenvalue weighted by Gasteiger charge is -2.15. The van der Waals surface area contributed by atoms with Crippen LogP contribution >= 0.6 is 0 Å². The summed E-state index contributed by atoms with van der Waals surface area (Å²) < 4.78 is 5.59. The smallest absolute Gasteiger partial charge is 0.258 e. The molecule has 1 aromatic carbocycles. The summed E-state index contributed by atoms with van der Waals surface area (Å²) in [5, 5.41) is 2.68. The molecule has 0 spiro atoms. The fraction of sp³-hybridized carbons (Fsp3) is 0.438. The maximum atomic E-state index is 11.5. The first-order valence-electron chi connectivity index (χ1n) is 6.92. The molecule has 1 amide bonds. The van der Waals surface area contributed by atoms with Gasteiger partial charge in [0, 0.05) is 12.6 Å². The maximum Gasteiger partial charge on any atom is 0.258 e. The van der Waals surface area contributed by atoms with Crippen molar-refractivity contribution in [2.45, 2.75) is 32.7 Å². The second-order valence-corrected chi connectivity index (χ2v) is 4.87. The maximum absolute atomic E-state index is 11.5. The number of hydrogen-bond donors (Lipinski definition) is 2. The van der Waals surface area contributed by atoms with E-state index >= 15 is 0 Å². The van der Waals surface area contributed by atoms with Crippen LogP contribution in [0.15, 0.2) is 30.9 Å². The van der Waals surface area contributed by atoms with Crippen LogP contribution in [0.2, 0.25) is 0 Å². The molecule has 1 aromatic rings. The number of aryl methyl sites for hydroxylation is 1.